The Kier molecular flexibility index (Phi) is 2.79. The van der Waals surface area contributed by atoms with E-state index in [1.54, 1.807) is 18.2 Å². The number of primary amides is 1. The van der Waals surface area contributed by atoms with Crippen LogP contribution in [-0.2, 0) is 15.0 Å². The molecule has 0 fully saturated rings. The molecule has 0 spiro atoms. The minimum absolute atomic E-state index is 0.104. The second kappa shape index (κ2) is 4.49. The summed E-state index contributed by atoms with van der Waals surface area (Å²) in [5, 5.41) is 0. The lowest BCUT2D eigenvalue weighted by molar-refractivity contribution is -0.139. The second-order valence-corrected chi connectivity index (χ2v) is 4.80. The van der Waals surface area contributed by atoms with Crippen molar-refractivity contribution >= 4 is 11.9 Å². The second-order valence-electron chi connectivity index (χ2n) is 4.80. The molecule has 0 bridgehead atoms. The lowest BCUT2D eigenvalue weighted by Gasteiger charge is -2.25. The van der Waals surface area contributed by atoms with E-state index in [9.17, 15) is 9.59 Å². The smallest absolute Gasteiger partial charge is 0.327 e. The molecule has 100 valence electrons. The molecule has 2 aromatic rings. The summed E-state index contributed by atoms with van der Waals surface area (Å²) in [5.74, 6) is -0.506. The molecule has 4 heteroatoms. The largest absolute Gasteiger partial charge is 0.425 e. The normalized spacial score (nSPS) is 20.3. The van der Waals surface area contributed by atoms with Crippen LogP contribution in [0.15, 0.2) is 54.6 Å². The van der Waals surface area contributed by atoms with E-state index in [4.69, 9.17) is 10.5 Å². The lowest BCUT2D eigenvalue weighted by Crippen LogP contribution is -2.39. The molecule has 1 aliphatic heterocycles. The predicted octanol–water partition coefficient (Wildman–Crippen LogP) is 1.77. The standard InChI is InChI=1S/C16H13NO3/c17-14(18)10-16(11-6-2-1-3-7-11)12-8-4-5-9-13(12)20-15(16)19/h1-9H,10H2,(H2,17,18). The maximum absolute atomic E-state index is 12.5. The van der Waals surface area contributed by atoms with Crippen LogP contribution >= 0.6 is 0 Å². The van der Waals surface area contributed by atoms with Gasteiger partial charge in [0, 0.05) is 5.56 Å². The zero-order valence-corrected chi connectivity index (χ0v) is 10.7. The average molecular weight is 267 g/mol. The molecule has 0 aliphatic carbocycles. The van der Waals surface area contributed by atoms with Gasteiger partial charge in [0.1, 0.15) is 11.2 Å². The summed E-state index contributed by atoms with van der Waals surface area (Å²) >= 11 is 0. The Labute approximate surface area is 116 Å². The van der Waals surface area contributed by atoms with Gasteiger partial charge >= 0.3 is 5.97 Å². The Hall–Kier alpha value is -2.62. The Morgan fingerprint density at radius 1 is 1.05 bits per heavy atom. The van der Waals surface area contributed by atoms with Crippen molar-refractivity contribution in [2.24, 2.45) is 5.73 Å². The van der Waals surface area contributed by atoms with Crippen molar-refractivity contribution in [3.8, 4) is 5.75 Å². The molecule has 4 nitrogen and oxygen atoms in total. The van der Waals surface area contributed by atoms with Gasteiger partial charge in [-0.25, -0.2) is 0 Å². The number of benzene rings is 2. The van der Waals surface area contributed by atoms with Crippen molar-refractivity contribution in [1.29, 1.82) is 0 Å². The number of carbonyl (C=O) groups excluding carboxylic acids is 2. The molecule has 3 rings (SSSR count). The van der Waals surface area contributed by atoms with Crippen molar-refractivity contribution < 1.29 is 14.3 Å². The first-order chi connectivity index (χ1) is 9.64. The molecule has 0 saturated heterocycles. The van der Waals surface area contributed by atoms with Crippen LogP contribution < -0.4 is 10.5 Å². The first-order valence-electron chi connectivity index (χ1n) is 6.30. The highest BCUT2D eigenvalue weighted by Crippen LogP contribution is 2.46. The Morgan fingerprint density at radius 2 is 1.70 bits per heavy atom. The van der Waals surface area contributed by atoms with Gasteiger partial charge in [-0.05, 0) is 11.6 Å². The molecule has 1 unspecified atom stereocenters. The van der Waals surface area contributed by atoms with Crippen LogP contribution in [-0.4, -0.2) is 11.9 Å². The van der Waals surface area contributed by atoms with Gasteiger partial charge < -0.3 is 10.5 Å². The van der Waals surface area contributed by atoms with Crippen LogP contribution in [0.1, 0.15) is 17.5 Å². The third-order valence-corrected chi connectivity index (χ3v) is 3.60. The summed E-state index contributed by atoms with van der Waals surface area (Å²) in [6.45, 7) is 0. The molecular formula is C16H13NO3. The third kappa shape index (κ3) is 1.69. The topological polar surface area (TPSA) is 69.4 Å². The number of amides is 1. The van der Waals surface area contributed by atoms with Crippen molar-refractivity contribution in [2.75, 3.05) is 0 Å². The van der Waals surface area contributed by atoms with Crippen LogP contribution in [0.2, 0.25) is 0 Å². The summed E-state index contributed by atoms with van der Waals surface area (Å²) in [5.41, 5.74) is 5.64. The first kappa shape index (κ1) is 12.4. The van der Waals surface area contributed by atoms with Crippen LogP contribution in [0, 0.1) is 0 Å². The highest BCUT2D eigenvalue weighted by atomic mass is 16.5. The maximum atomic E-state index is 12.5. The molecule has 1 aliphatic rings. The van der Waals surface area contributed by atoms with E-state index >= 15 is 0 Å². The summed E-state index contributed by atoms with van der Waals surface area (Å²) in [4.78, 5) is 24.0. The van der Waals surface area contributed by atoms with E-state index in [0.717, 1.165) is 0 Å². The van der Waals surface area contributed by atoms with Gasteiger partial charge in [-0.3, -0.25) is 9.59 Å². The Balaban J connectivity index is 2.27. The first-order valence-corrected chi connectivity index (χ1v) is 6.30. The summed E-state index contributed by atoms with van der Waals surface area (Å²) in [6, 6.07) is 16.3. The average Bonchev–Trinajstić information content (AvgIpc) is 2.73. The van der Waals surface area contributed by atoms with Gasteiger partial charge in [0.05, 0.1) is 6.42 Å². The zero-order chi connectivity index (χ0) is 14.2. The summed E-state index contributed by atoms with van der Waals surface area (Å²) in [7, 11) is 0. The van der Waals surface area contributed by atoms with E-state index in [2.05, 4.69) is 0 Å². The molecule has 1 amide bonds. The third-order valence-electron chi connectivity index (χ3n) is 3.60. The molecule has 0 radical (unpaired) electrons. The molecular weight excluding hydrogens is 254 g/mol. The number of ether oxygens (including phenoxy) is 1. The minimum atomic E-state index is -1.14. The Morgan fingerprint density at radius 3 is 2.40 bits per heavy atom. The molecule has 20 heavy (non-hydrogen) atoms. The van der Waals surface area contributed by atoms with Crippen molar-refractivity contribution in [3.63, 3.8) is 0 Å². The van der Waals surface area contributed by atoms with Crippen molar-refractivity contribution in [2.45, 2.75) is 11.8 Å². The fourth-order valence-corrected chi connectivity index (χ4v) is 2.73. The highest BCUT2D eigenvalue weighted by Gasteiger charge is 2.51. The molecule has 0 aromatic heterocycles. The number of nitrogens with two attached hydrogens (primary N) is 1. The van der Waals surface area contributed by atoms with Gasteiger partial charge in [0.2, 0.25) is 5.91 Å². The van der Waals surface area contributed by atoms with Gasteiger partial charge in [-0.2, -0.15) is 0 Å². The predicted molar refractivity (Wildman–Crippen MR) is 73.1 cm³/mol. The van der Waals surface area contributed by atoms with Crippen molar-refractivity contribution in [1.82, 2.24) is 0 Å². The van der Waals surface area contributed by atoms with Crippen LogP contribution in [0.5, 0.6) is 5.75 Å². The fraction of sp³-hybridized carbons (Fsp3) is 0.125. The number of carbonyl (C=O) groups is 2. The summed E-state index contributed by atoms with van der Waals surface area (Å²) < 4.78 is 5.33. The van der Waals surface area contributed by atoms with Gasteiger partial charge in [0.15, 0.2) is 0 Å². The fourth-order valence-electron chi connectivity index (χ4n) is 2.73. The van der Waals surface area contributed by atoms with E-state index < -0.39 is 17.3 Å². The van der Waals surface area contributed by atoms with E-state index in [1.807, 2.05) is 36.4 Å². The van der Waals surface area contributed by atoms with Gasteiger partial charge in [-0.15, -0.1) is 0 Å². The molecule has 0 saturated carbocycles. The van der Waals surface area contributed by atoms with Crippen LogP contribution in [0.3, 0.4) is 0 Å². The quantitative estimate of drug-likeness (QED) is 0.680. The molecule has 1 heterocycles. The number of rotatable bonds is 3. The molecule has 2 N–H and O–H groups in total. The number of fused-ring (bicyclic) bond motifs is 1. The SMILES string of the molecule is NC(=O)CC1(c2ccccc2)C(=O)Oc2ccccc21. The van der Waals surface area contributed by atoms with E-state index in [-0.39, 0.29) is 6.42 Å². The number of para-hydroxylation sites is 1. The van der Waals surface area contributed by atoms with Crippen LogP contribution in [0.4, 0.5) is 0 Å². The zero-order valence-electron chi connectivity index (χ0n) is 10.7. The van der Waals surface area contributed by atoms with Crippen molar-refractivity contribution in [3.05, 3.63) is 65.7 Å². The van der Waals surface area contributed by atoms with Gasteiger partial charge in [0.25, 0.3) is 0 Å². The number of hydrogen-bond donors (Lipinski definition) is 1. The van der Waals surface area contributed by atoms with Gasteiger partial charge in [-0.1, -0.05) is 48.5 Å². The van der Waals surface area contributed by atoms with E-state index in [1.165, 1.54) is 0 Å². The minimum Gasteiger partial charge on any atom is -0.425 e. The van der Waals surface area contributed by atoms with E-state index in [0.29, 0.717) is 16.9 Å². The number of esters is 1. The maximum Gasteiger partial charge on any atom is 0.327 e. The van der Waals surface area contributed by atoms with Crippen LogP contribution in [0.25, 0.3) is 0 Å². The molecule has 1 atom stereocenters. The monoisotopic (exact) mass is 267 g/mol. The number of hydrogen-bond acceptors (Lipinski definition) is 3. The molecule has 2 aromatic carbocycles. The lowest BCUT2D eigenvalue weighted by atomic mass is 9.73. The Bertz CT molecular complexity index is 681. The highest BCUT2D eigenvalue weighted by molar-refractivity contribution is 5.98. The summed E-state index contributed by atoms with van der Waals surface area (Å²) in [6.07, 6.45) is -0.104.